The van der Waals surface area contributed by atoms with Crippen molar-refractivity contribution < 1.29 is 9.31 Å². The fourth-order valence-corrected chi connectivity index (χ4v) is 1.94. The second-order valence-corrected chi connectivity index (χ2v) is 5.86. The van der Waals surface area contributed by atoms with Crippen molar-refractivity contribution in [1.29, 1.82) is 0 Å². The molecule has 0 saturated carbocycles. The molecule has 0 amide bonds. The molecule has 1 N–H and O–H groups in total. The quantitative estimate of drug-likeness (QED) is 0.831. The molecule has 0 spiro atoms. The van der Waals surface area contributed by atoms with Gasteiger partial charge in [0.1, 0.15) is 0 Å². The van der Waals surface area contributed by atoms with Crippen LogP contribution in [-0.4, -0.2) is 23.3 Å². The summed E-state index contributed by atoms with van der Waals surface area (Å²) in [6.07, 6.45) is 3.40. The average molecular weight is 261 g/mol. The molecule has 0 aromatic carbocycles. The molecule has 4 nitrogen and oxygen atoms in total. The summed E-state index contributed by atoms with van der Waals surface area (Å²) < 4.78 is 11.7. The molecular weight excluding hydrogens is 241 g/mol. The summed E-state index contributed by atoms with van der Waals surface area (Å²) in [7, 11) is -0.427. The monoisotopic (exact) mass is 261 g/mol. The highest BCUT2D eigenvalue weighted by atomic mass is 16.7. The van der Waals surface area contributed by atoms with E-state index in [9.17, 15) is 4.79 Å². The Morgan fingerprint density at radius 2 is 1.79 bits per heavy atom. The van der Waals surface area contributed by atoms with E-state index >= 15 is 0 Å². The summed E-state index contributed by atoms with van der Waals surface area (Å²) in [4.78, 5) is 14.8. The molecule has 0 atom stereocenters. The van der Waals surface area contributed by atoms with Crippen LogP contribution in [0.2, 0.25) is 0 Å². The number of aryl methyl sites for hydroxylation is 1. The lowest BCUT2D eigenvalue weighted by atomic mass is 9.89. The molecule has 0 radical (unpaired) electrons. The van der Waals surface area contributed by atoms with Crippen LogP contribution in [0.5, 0.6) is 0 Å². The summed E-state index contributed by atoms with van der Waals surface area (Å²) in [5, 5.41) is 0. The van der Waals surface area contributed by atoms with Crippen LogP contribution in [0.3, 0.4) is 0 Å². The number of hydrogen-bond donors (Lipinski definition) is 1. The van der Waals surface area contributed by atoms with Crippen molar-refractivity contribution in [2.45, 2.75) is 45.8 Å². The maximum Gasteiger partial charge on any atom is 0.487 e. The van der Waals surface area contributed by atoms with Gasteiger partial charge >= 0.3 is 7.12 Å². The lowest BCUT2D eigenvalue weighted by molar-refractivity contribution is 0.00578. The Bertz CT molecular complexity index is 544. The zero-order chi connectivity index (χ0) is 14.3. The van der Waals surface area contributed by atoms with E-state index in [1.807, 2.05) is 34.6 Å². The molecule has 1 fully saturated rings. The van der Waals surface area contributed by atoms with Gasteiger partial charge in [-0.25, -0.2) is 0 Å². The minimum Gasteiger partial charge on any atom is -0.400 e. The molecule has 5 heteroatoms. The Labute approximate surface area is 114 Å². The molecule has 1 saturated heterocycles. The van der Waals surface area contributed by atoms with Crippen LogP contribution in [0.15, 0.2) is 23.0 Å². The first-order chi connectivity index (χ1) is 8.73. The summed E-state index contributed by atoms with van der Waals surface area (Å²) in [6, 6.07) is 1.51. The van der Waals surface area contributed by atoms with Gasteiger partial charge in [-0.05, 0) is 34.6 Å². The molecule has 1 aromatic rings. The van der Waals surface area contributed by atoms with Crippen molar-refractivity contribution in [3.8, 4) is 0 Å². The number of pyridine rings is 1. The third kappa shape index (κ3) is 2.67. The molecule has 1 aliphatic heterocycles. The smallest absolute Gasteiger partial charge is 0.400 e. The highest BCUT2D eigenvalue weighted by molar-refractivity contribution is 6.52. The van der Waals surface area contributed by atoms with E-state index < -0.39 is 7.12 Å². The van der Waals surface area contributed by atoms with Crippen LogP contribution in [-0.2, 0) is 9.31 Å². The second-order valence-electron chi connectivity index (χ2n) is 5.86. The van der Waals surface area contributed by atoms with Crippen molar-refractivity contribution in [2.75, 3.05) is 0 Å². The zero-order valence-corrected chi connectivity index (χ0v) is 12.1. The van der Waals surface area contributed by atoms with Crippen molar-refractivity contribution in [2.24, 2.45) is 0 Å². The highest BCUT2D eigenvalue weighted by Crippen LogP contribution is 2.36. The Balaban J connectivity index is 2.20. The number of aromatic amines is 1. The Kier molecular flexibility index (Phi) is 3.45. The molecule has 19 heavy (non-hydrogen) atoms. The SMILES string of the molecule is Cc1[nH]ccc(=O)c1/C=C/B1OC(C)(C)C(C)(C)O1. The van der Waals surface area contributed by atoms with Crippen LogP contribution < -0.4 is 5.43 Å². The van der Waals surface area contributed by atoms with Crippen molar-refractivity contribution in [1.82, 2.24) is 4.98 Å². The number of hydrogen-bond acceptors (Lipinski definition) is 3. The number of H-pyrrole nitrogens is 1. The maximum absolute atomic E-state index is 11.7. The van der Waals surface area contributed by atoms with Gasteiger partial charge < -0.3 is 14.3 Å². The Hall–Kier alpha value is -1.33. The van der Waals surface area contributed by atoms with E-state index in [0.29, 0.717) is 5.56 Å². The maximum atomic E-state index is 11.7. The summed E-state index contributed by atoms with van der Waals surface area (Å²) in [5.74, 6) is 1.79. The number of rotatable bonds is 2. The lowest BCUT2D eigenvalue weighted by Gasteiger charge is -2.32. The lowest BCUT2D eigenvalue weighted by Crippen LogP contribution is -2.41. The topological polar surface area (TPSA) is 51.3 Å². The van der Waals surface area contributed by atoms with E-state index in [-0.39, 0.29) is 16.6 Å². The third-order valence-corrected chi connectivity index (χ3v) is 3.90. The van der Waals surface area contributed by atoms with Gasteiger partial charge in [-0.15, -0.1) is 0 Å². The van der Waals surface area contributed by atoms with Gasteiger partial charge in [0.15, 0.2) is 5.43 Å². The third-order valence-electron chi connectivity index (χ3n) is 3.90. The molecule has 2 rings (SSSR count). The zero-order valence-electron chi connectivity index (χ0n) is 12.1. The fourth-order valence-electron chi connectivity index (χ4n) is 1.94. The summed E-state index contributed by atoms with van der Waals surface area (Å²) in [6.45, 7) is 9.87. The van der Waals surface area contributed by atoms with Gasteiger partial charge in [0.25, 0.3) is 0 Å². The molecule has 1 aromatic heterocycles. The van der Waals surface area contributed by atoms with Gasteiger partial charge in [0.05, 0.1) is 11.2 Å². The van der Waals surface area contributed by atoms with Gasteiger partial charge in [0, 0.05) is 23.5 Å². The van der Waals surface area contributed by atoms with Crippen LogP contribution in [0.4, 0.5) is 0 Å². The van der Waals surface area contributed by atoms with E-state index in [1.165, 1.54) is 6.07 Å². The van der Waals surface area contributed by atoms with Crippen LogP contribution in [0.25, 0.3) is 6.08 Å². The van der Waals surface area contributed by atoms with E-state index in [2.05, 4.69) is 4.98 Å². The molecule has 1 aliphatic rings. The standard InChI is InChI=1S/C14H20BNO3/c1-10-11(12(17)7-9-16-10)6-8-15-18-13(2,3)14(4,5)19-15/h6-9H,1-5H3,(H,16,17)/b8-6+. The average Bonchev–Trinajstić information content (AvgIpc) is 2.46. The number of nitrogens with one attached hydrogen (secondary N) is 1. The van der Waals surface area contributed by atoms with Crippen molar-refractivity contribution >= 4 is 13.2 Å². The molecular formula is C14H20BNO3. The largest absolute Gasteiger partial charge is 0.487 e. The van der Waals surface area contributed by atoms with Crippen LogP contribution >= 0.6 is 0 Å². The Morgan fingerprint density at radius 1 is 1.21 bits per heavy atom. The normalized spacial score (nSPS) is 21.2. The molecule has 102 valence electrons. The first kappa shape index (κ1) is 14.1. The van der Waals surface area contributed by atoms with E-state index in [0.717, 1.165) is 5.69 Å². The predicted molar refractivity (Wildman–Crippen MR) is 76.9 cm³/mol. The van der Waals surface area contributed by atoms with E-state index in [1.54, 1.807) is 18.2 Å². The van der Waals surface area contributed by atoms with Crippen molar-refractivity contribution in [3.63, 3.8) is 0 Å². The number of aromatic nitrogens is 1. The van der Waals surface area contributed by atoms with Gasteiger partial charge in [0.2, 0.25) is 0 Å². The first-order valence-corrected chi connectivity index (χ1v) is 6.45. The fraction of sp³-hybridized carbons (Fsp3) is 0.500. The second kappa shape index (κ2) is 4.65. The van der Waals surface area contributed by atoms with Crippen LogP contribution in [0, 0.1) is 6.92 Å². The first-order valence-electron chi connectivity index (χ1n) is 6.45. The van der Waals surface area contributed by atoms with Gasteiger partial charge in [-0.2, -0.15) is 0 Å². The molecule has 2 heterocycles. The van der Waals surface area contributed by atoms with E-state index in [4.69, 9.17) is 9.31 Å². The van der Waals surface area contributed by atoms with Crippen LogP contribution in [0.1, 0.15) is 39.0 Å². The molecule has 0 aliphatic carbocycles. The molecule has 0 bridgehead atoms. The van der Waals surface area contributed by atoms with Gasteiger partial charge in [-0.1, -0.05) is 12.1 Å². The molecule has 0 unspecified atom stereocenters. The van der Waals surface area contributed by atoms with Gasteiger partial charge in [-0.3, -0.25) is 4.79 Å². The summed E-state index contributed by atoms with van der Waals surface area (Å²) >= 11 is 0. The highest BCUT2D eigenvalue weighted by Gasteiger charge is 2.49. The Morgan fingerprint density at radius 3 is 2.32 bits per heavy atom. The minimum atomic E-state index is -0.427. The van der Waals surface area contributed by atoms with Crippen molar-refractivity contribution in [3.05, 3.63) is 39.7 Å². The minimum absolute atomic E-state index is 0.0102. The predicted octanol–water partition coefficient (Wildman–Crippen LogP) is 2.33. The summed E-state index contributed by atoms with van der Waals surface area (Å²) in [5.41, 5.74) is 0.738.